The van der Waals surface area contributed by atoms with Crippen LogP contribution < -0.4 is 14.8 Å². The second-order valence-corrected chi connectivity index (χ2v) is 7.69. The van der Waals surface area contributed by atoms with Crippen LogP contribution in [0.25, 0.3) is 0 Å². The number of nitrogens with one attached hydrogen (secondary N) is 1. The first-order chi connectivity index (χ1) is 13.2. The summed E-state index contributed by atoms with van der Waals surface area (Å²) in [5.41, 5.74) is 3.21. The normalized spacial score (nSPS) is 14.6. The lowest BCUT2D eigenvalue weighted by molar-refractivity contribution is -0.118. The number of methoxy groups -OCH3 is 1. The Labute approximate surface area is 165 Å². The van der Waals surface area contributed by atoms with Crippen molar-refractivity contribution in [2.24, 2.45) is 0 Å². The Morgan fingerprint density at radius 2 is 1.85 bits per heavy atom. The second kappa shape index (κ2) is 9.67. The standard InChI is InChI=1S/C21H26N2O3S/c1-16-17(14-23-10-12-27-13-11-23)6-5-7-18(16)22-21(24)15-26-20-9-4-3-8-19(20)25-2/h3-9H,10-15H2,1-2H3,(H,22,24). The molecule has 0 unspecified atom stereocenters. The molecule has 144 valence electrons. The van der Waals surface area contributed by atoms with E-state index in [1.165, 1.54) is 17.1 Å². The molecular formula is C21H26N2O3S. The molecule has 2 aromatic carbocycles. The van der Waals surface area contributed by atoms with Gasteiger partial charge in [0, 0.05) is 36.8 Å². The van der Waals surface area contributed by atoms with Crippen molar-refractivity contribution in [2.45, 2.75) is 13.5 Å². The molecule has 1 aliphatic heterocycles. The summed E-state index contributed by atoms with van der Waals surface area (Å²) in [5, 5.41) is 2.97. The van der Waals surface area contributed by atoms with Crippen molar-refractivity contribution >= 4 is 23.4 Å². The Balaban J connectivity index is 1.59. The lowest BCUT2D eigenvalue weighted by Gasteiger charge is -2.27. The molecule has 0 spiro atoms. The number of benzene rings is 2. The van der Waals surface area contributed by atoms with Crippen LogP contribution in [-0.4, -0.2) is 49.1 Å². The molecule has 1 heterocycles. The van der Waals surface area contributed by atoms with E-state index in [-0.39, 0.29) is 12.5 Å². The Bertz CT molecular complexity index is 776. The molecule has 0 aromatic heterocycles. The number of ether oxygens (including phenoxy) is 2. The van der Waals surface area contributed by atoms with Gasteiger partial charge in [-0.1, -0.05) is 24.3 Å². The van der Waals surface area contributed by atoms with Crippen LogP contribution in [0.2, 0.25) is 0 Å². The Morgan fingerprint density at radius 3 is 2.59 bits per heavy atom. The lowest BCUT2D eigenvalue weighted by Crippen LogP contribution is -2.32. The van der Waals surface area contributed by atoms with Gasteiger partial charge in [0.1, 0.15) is 0 Å². The largest absolute Gasteiger partial charge is 0.493 e. The molecule has 1 fully saturated rings. The maximum absolute atomic E-state index is 12.3. The van der Waals surface area contributed by atoms with E-state index in [2.05, 4.69) is 23.2 Å². The van der Waals surface area contributed by atoms with Crippen LogP contribution in [0.4, 0.5) is 5.69 Å². The van der Waals surface area contributed by atoms with Gasteiger partial charge in [-0.3, -0.25) is 9.69 Å². The topological polar surface area (TPSA) is 50.8 Å². The Hall–Kier alpha value is -2.18. The predicted octanol–water partition coefficient (Wildman–Crippen LogP) is 3.57. The molecule has 1 N–H and O–H groups in total. The Kier molecular flexibility index (Phi) is 7.01. The summed E-state index contributed by atoms with van der Waals surface area (Å²) in [7, 11) is 1.58. The van der Waals surface area contributed by atoms with E-state index in [0.717, 1.165) is 30.9 Å². The average Bonchev–Trinajstić information content (AvgIpc) is 2.70. The third-order valence-electron chi connectivity index (χ3n) is 4.65. The molecule has 1 amide bonds. The number of para-hydroxylation sites is 2. The van der Waals surface area contributed by atoms with Gasteiger partial charge < -0.3 is 14.8 Å². The highest BCUT2D eigenvalue weighted by molar-refractivity contribution is 7.99. The van der Waals surface area contributed by atoms with Crippen molar-refractivity contribution in [3.8, 4) is 11.5 Å². The van der Waals surface area contributed by atoms with Gasteiger partial charge in [-0.2, -0.15) is 11.8 Å². The van der Waals surface area contributed by atoms with Crippen molar-refractivity contribution in [3.05, 3.63) is 53.6 Å². The van der Waals surface area contributed by atoms with E-state index in [1.54, 1.807) is 19.2 Å². The number of carbonyl (C=O) groups excluding carboxylic acids is 1. The third kappa shape index (κ3) is 5.40. The van der Waals surface area contributed by atoms with Crippen molar-refractivity contribution in [2.75, 3.05) is 43.6 Å². The minimum Gasteiger partial charge on any atom is -0.493 e. The van der Waals surface area contributed by atoms with Crippen LogP contribution in [0.5, 0.6) is 11.5 Å². The van der Waals surface area contributed by atoms with E-state index in [0.29, 0.717) is 11.5 Å². The van der Waals surface area contributed by atoms with Gasteiger partial charge in [-0.15, -0.1) is 0 Å². The van der Waals surface area contributed by atoms with E-state index in [4.69, 9.17) is 9.47 Å². The van der Waals surface area contributed by atoms with Crippen molar-refractivity contribution in [3.63, 3.8) is 0 Å². The smallest absolute Gasteiger partial charge is 0.262 e. The fraction of sp³-hybridized carbons (Fsp3) is 0.381. The van der Waals surface area contributed by atoms with Gasteiger partial charge >= 0.3 is 0 Å². The number of rotatable bonds is 7. The first kappa shape index (κ1) is 19.6. The highest BCUT2D eigenvalue weighted by Gasteiger charge is 2.14. The molecule has 5 nitrogen and oxygen atoms in total. The van der Waals surface area contributed by atoms with Crippen LogP contribution in [0, 0.1) is 6.92 Å². The zero-order chi connectivity index (χ0) is 19.1. The fourth-order valence-electron chi connectivity index (χ4n) is 3.06. The molecule has 27 heavy (non-hydrogen) atoms. The van der Waals surface area contributed by atoms with Crippen LogP contribution in [0.1, 0.15) is 11.1 Å². The summed E-state index contributed by atoms with van der Waals surface area (Å²) in [5.74, 6) is 3.37. The number of thioether (sulfide) groups is 1. The molecule has 0 bridgehead atoms. The highest BCUT2D eigenvalue weighted by Crippen LogP contribution is 2.26. The molecule has 3 rings (SSSR count). The predicted molar refractivity (Wildman–Crippen MR) is 111 cm³/mol. The molecule has 0 radical (unpaired) electrons. The molecular weight excluding hydrogens is 360 g/mol. The minimum absolute atomic E-state index is 0.0621. The van der Waals surface area contributed by atoms with Crippen molar-refractivity contribution in [1.82, 2.24) is 4.90 Å². The Morgan fingerprint density at radius 1 is 1.11 bits per heavy atom. The lowest BCUT2D eigenvalue weighted by atomic mass is 10.1. The summed E-state index contributed by atoms with van der Waals surface area (Å²) in [4.78, 5) is 14.8. The number of anilines is 1. The summed E-state index contributed by atoms with van der Waals surface area (Å²) in [6.45, 7) is 5.16. The molecule has 0 saturated carbocycles. The highest BCUT2D eigenvalue weighted by atomic mass is 32.2. The van der Waals surface area contributed by atoms with Gasteiger partial charge in [0.2, 0.25) is 0 Å². The van der Waals surface area contributed by atoms with Gasteiger partial charge in [0.25, 0.3) is 5.91 Å². The maximum atomic E-state index is 12.3. The second-order valence-electron chi connectivity index (χ2n) is 6.47. The van der Waals surface area contributed by atoms with Gasteiger partial charge in [-0.25, -0.2) is 0 Å². The zero-order valence-electron chi connectivity index (χ0n) is 15.9. The van der Waals surface area contributed by atoms with E-state index < -0.39 is 0 Å². The molecule has 2 aromatic rings. The third-order valence-corrected chi connectivity index (χ3v) is 5.59. The molecule has 1 saturated heterocycles. The molecule has 1 aliphatic rings. The summed E-state index contributed by atoms with van der Waals surface area (Å²) in [6, 6.07) is 13.4. The molecule has 0 atom stereocenters. The van der Waals surface area contributed by atoms with Gasteiger partial charge in [0.15, 0.2) is 18.1 Å². The quantitative estimate of drug-likeness (QED) is 0.788. The molecule has 0 aliphatic carbocycles. The first-order valence-corrected chi connectivity index (χ1v) is 10.3. The minimum atomic E-state index is -0.185. The number of nitrogens with zero attached hydrogens (tertiary/aromatic N) is 1. The van der Waals surface area contributed by atoms with Crippen molar-refractivity contribution < 1.29 is 14.3 Å². The number of carbonyl (C=O) groups is 1. The average molecular weight is 387 g/mol. The number of hydrogen-bond acceptors (Lipinski definition) is 5. The maximum Gasteiger partial charge on any atom is 0.262 e. The van der Waals surface area contributed by atoms with E-state index in [9.17, 15) is 4.79 Å². The summed E-state index contributed by atoms with van der Waals surface area (Å²) in [6.07, 6.45) is 0. The van der Waals surface area contributed by atoms with E-state index >= 15 is 0 Å². The van der Waals surface area contributed by atoms with Crippen LogP contribution >= 0.6 is 11.8 Å². The van der Waals surface area contributed by atoms with Crippen LogP contribution in [0.3, 0.4) is 0 Å². The number of hydrogen-bond donors (Lipinski definition) is 1. The summed E-state index contributed by atoms with van der Waals surface area (Å²) >= 11 is 2.01. The number of amides is 1. The van der Waals surface area contributed by atoms with Crippen molar-refractivity contribution in [1.29, 1.82) is 0 Å². The fourth-order valence-corrected chi connectivity index (χ4v) is 4.04. The van der Waals surface area contributed by atoms with Gasteiger partial charge in [0.05, 0.1) is 7.11 Å². The first-order valence-electron chi connectivity index (χ1n) is 9.11. The summed E-state index contributed by atoms with van der Waals surface area (Å²) < 4.78 is 10.8. The van der Waals surface area contributed by atoms with Gasteiger partial charge in [-0.05, 0) is 36.2 Å². The zero-order valence-corrected chi connectivity index (χ0v) is 16.7. The monoisotopic (exact) mass is 386 g/mol. The van der Waals surface area contributed by atoms with E-state index in [1.807, 2.05) is 36.0 Å². The van der Waals surface area contributed by atoms with Crippen LogP contribution in [0.15, 0.2) is 42.5 Å². The SMILES string of the molecule is COc1ccccc1OCC(=O)Nc1cccc(CN2CCSCC2)c1C. The molecule has 6 heteroatoms. The van der Waals surface area contributed by atoms with Crippen LogP contribution in [-0.2, 0) is 11.3 Å².